The van der Waals surface area contributed by atoms with Gasteiger partial charge in [-0.2, -0.15) is 10.2 Å². The molecule has 0 aromatic rings. The van der Waals surface area contributed by atoms with E-state index in [-0.39, 0.29) is 0 Å². The van der Waals surface area contributed by atoms with Crippen LogP contribution < -0.4 is 0 Å². The lowest BCUT2D eigenvalue weighted by atomic mass is 10.0. The lowest BCUT2D eigenvalue weighted by Crippen LogP contribution is -2.10. The van der Waals surface area contributed by atoms with E-state index in [9.17, 15) is 0 Å². The monoisotopic (exact) mass is 180 g/mol. The molecule has 0 fully saturated rings. The third-order valence-electron chi connectivity index (χ3n) is 1.84. The maximum absolute atomic E-state index is 4.26. The Bertz CT molecular complexity index is 171. The summed E-state index contributed by atoms with van der Waals surface area (Å²) in [5.74, 6) is 0.533. The maximum atomic E-state index is 4.26. The van der Waals surface area contributed by atoms with Crippen LogP contribution in [0.3, 0.4) is 0 Å². The van der Waals surface area contributed by atoms with Crippen molar-refractivity contribution in [3.63, 3.8) is 0 Å². The van der Waals surface area contributed by atoms with Gasteiger partial charge < -0.3 is 0 Å². The van der Waals surface area contributed by atoms with Crippen LogP contribution in [-0.2, 0) is 0 Å². The zero-order valence-electron chi connectivity index (χ0n) is 8.74. The molecule has 0 aromatic carbocycles. The van der Waals surface area contributed by atoms with E-state index in [0.717, 1.165) is 19.4 Å². The first kappa shape index (κ1) is 12.1. The highest BCUT2D eigenvalue weighted by Gasteiger charge is 2.09. The maximum Gasteiger partial charge on any atom is 0.0765 e. The van der Waals surface area contributed by atoms with Gasteiger partial charge in [0.25, 0.3) is 0 Å². The molecule has 2 nitrogen and oxygen atoms in total. The van der Waals surface area contributed by atoms with Gasteiger partial charge in [-0.15, -0.1) is 13.2 Å². The largest absolute Gasteiger partial charge is 0.194 e. The van der Waals surface area contributed by atoms with Crippen LogP contribution in [0.4, 0.5) is 0 Å². The number of rotatable bonds is 7. The summed E-state index contributed by atoms with van der Waals surface area (Å²) >= 11 is 0. The van der Waals surface area contributed by atoms with Gasteiger partial charge in [-0.1, -0.05) is 26.0 Å². The third-order valence-corrected chi connectivity index (χ3v) is 1.84. The normalized spacial score (nSPS) is 13.5. The molecular formula is C11H20N2. The van der Waals surface area contributed by atoms with Crippen molar-refractivity contribution in [1.29, 1.82) is 0 Å². The molecule has 0 N–H and O–H groups in total. The van der Waals surface area contributed by atoms with Crippen LogP contribution in [0.1, 0.15) is 26.7 Å². The highest BCUT2D eigenvalue weighted by Crippen LogP contribution is 2.11. The average molecular weight is 180 g/mol. The number of hydrogen-bond donors (Lipinski definition) is 0. The molecule has 0 rings (SSSR count). The summed E-state index contributed by atoms with van der Waals surface area (Å²) in [7, 11) is 0. The van der Waals surface area contributed by atoms with Crippen LogP contribution in [0.2, 0.25) is 0 Å². The van der Waals surface area contributed by atoms with E-state index in [2.05, 4.69) is 37.2 Å². The fourth-order valence-corrected chi connectivity index (χ4v) is 0.935. The molecule has 0 heterocycles. The minimum atomic E-state index is 0.294. The van der Waals surface area contributed by atoms with Gasteiger partial charge in [0, 0.05) is 0 Å². The van der Waals surface area contributed by atoms with Gasteiger partial charge in [-0.05, 0) is 18.8 Å². The van der Waals surface area contributed by atoms with Crippen molar-refractivity contribution >= 4 is 0 Å². The van der Waals surface area contributed by atoms with Gasteiger partial charge >= 0.3 is 0 Å². The first-order valence-corrected chi connectivity index (χ1v) is 4.80. The molecule has 2 heteroatoms. The van der Waals surface area contributed by atoms with E-state index < -0.39 is 0 Å². The predicted octanol–water partition coefficient (Wildman–Crippen LogP) is 3.62. The molecule has 0 aliphatic heterocycles. The average Bonchev–Trinajstić information content (AvgIpc) is 2.10. The Morgan fingerprint density at radius 1 is 1.23 bits per heavy atom. The Labute approximate surface area is 81.5 Å². The fraction of sp³-hybridized carbons (Fsp3) is 0.636. The summed E-state index contributed by atoms with van der Waals surface area (Å²) in [6.45, 7) is 12.4. The molecule has 0 spiro atoms. The molecule has 0 saturated heterocycles. The van der Waals surface area contributed by atoms with Gasteiger partial charge in [-0.3, -0.25) is 0 Å². The minimum Gasteiger partial charge on any atom is -0.194 e. The molecule has 0 aliphatic rings. The molecular weight excluding hydrogens is 160 g/mol. The van der Waals surface area contributed by atoms with Gasteiger partial charge in [0.05, 0.1) is 12.6 Å². The zero-order chi connectivity index (χ0) is 10.1. The highest BCUT2D eigenvalue weighted by molar-refractivity contribution is 4.79. The lowest BCUT2D eigenvalue weighted by Gasteiger charge is -2.12. The van der Waals surface area contributed by atoms with Crippen molar-refractivity contribution < 1.29 is 0 Å². The van der Waals surface area contributed by atoms with Gasteiger partial charge in [0.1, 0.15) is 0 Å². The van der Waals surface area contributed by atoms with Crippen LogP contribution in [0.15, 0.2) is 35.5 Å². The standard InChI is InChI=1S/C11H20N2/c1-5-7-9-12-13-11(8-6-2)10(3)4/h5-6,10-11H,1-2,7-9H2,3-4H3. The molecule has 0 aromatic heterocycles. The quantitative estimate of drug-likeness (QED) is 0.325. The Hall–Kier alpha value is -0.920. The zero-order valence-corrected chi connectivity index (χ0v) is 8.74. The Balaban J connectivity index is 3.85. The molecule has 0 bridgehead atoms. The van der Waals surface area contributed by atoms with Crippen molar-refractivity contribution in [1.82, 2.24) is 0 Å². The lowest BCUT2D eigenvalue weighted by molar-refractivity contribution is 0.476. The predicted molar refractivity (Wildman–Crippen MR) is 58.0 cm³/mol. The Morgan fingerprint density at radius 2 is 1.92 bits per heavy atom. The van der Waals surface area contributed by atoms with Crippen molar-refractivity contribution in [3.05, 3.63) is 25.3 Å². The molecule has 0 amide bonds. The summed E-state index contributed by atoms with van der Waals surface area (Å²) in [6, 6.07) is 0.294. The summed E-state index contributed by atoms with van der Waals surface area (Å²) < 4.78 is 0. The second kappa shape index (κ2) is 7.71. The summed E-state index contributed by atoms with van der Waals surface area (Å²) in [5, 5.41) is 8.36. The Kier molecular flexibility index (Phi) is 7.17. The molecule has 74 valence electrons. The van der Waals surface area contributed by atoms with Crippen molar-refractivity contribution in [2.24, 2.45) is 16.1 Å². The topological polar surface area (TPSA) is 24.7 Å². The summed E-state index contributed by atoms with van der Waals surface area (Å²) in [5.41, 5.74) is 0. The van der Waals surface area contributed by atoms with Crippen LogP contribution in [0.25, 0.3) is 0 Å². The molecule has 0 radical (unpaired) electrons. The van der Waals surface area contributed by atoms with E-state index in [0.29, 0.717) is 12.0 Å². The smallest absolute Gasteiger partial charge is 0.0765 e. The first-order chi connectivity index (χ1) is 6.22. The Morgan fingerprint density at radius 3 is 2.38 bits per heavy atom. The SMILES string of the molecule is C=CCCN=NC(CC=C)C(C)C. The fourth-order valence-electron chi connectivity index (χ4n) is 0.935. The van der Waals surface area contributed by atoms with E-state index in [1.165, 1.54) is 0 Å². The van der Waals surface area contributed by atoms with E-state index in [1.54, 1.807) is 0 Å². The summed E-state index contributed by atoms with van der Waals surface area (Å²) in [4.78, 5) is 0. The van der Waals surface area contributed by atoms with Crippen molar-refractivity contribution in [3.8, 4) is 0 Å². The molecule has 13 heavy (non-hydrogen) atoms. The van der Waals surface area contributed by atoms with E-state index in [1.807, 2.05) is 12.2 Å². The van der Waals surface area contributed by atoms with Crippen LogP contribution in [0, 0.1) is 5.92 Å². The summed E-state index contributed by atoms with van der Waals surface area (Å²) in [6.07, 6.45) is 5.58. The number of hydrogen-bond acceptors (Lipinski definition) is 2. The first-order valence-electron chi connectivity index (χ1n) is 4.80. The van der Waals surface area contributed by atoms with Gasteiger partial charge in [-0.25, -0.2) is 0 Å². The second-order valence-electron chi connectivity index (χ2n) is 3.39. The van der Waals surface area contributed by atoms with Gasteiger partial charge in [0.15, 0.2) is 0 Å². The van der Waals surface area contributed by atoms with Crippen LogP contribution in [-0.4, -0.2) is 12.6 Å². The molecule has 0 aliphatic carbocycles. The van der Waals surface area contributed by atoms with E-state index in [4.69, 9.17) is 0 Å². The second-order valence-corrected chi connectivity index (χ2v) is 3.39. The van der Waals surface area contributed by atoms with Crippen molar-refractivity contribution in [2.45, 2.75) is 32.7 Å². The molecule has 1 unspecified atom stereocenters. The number of azo groups is 1. The van der Waals surface area contributed by atoms with Crippen LogP contribution >= 0.6 is 0 Å². The van der Waals surface area contributed by atoms with Crippen molar-refractivity contribution in [2.75, 3.05) is 6.54 Å². The third kappa shape index (κ3) is 6.26. The van der Waals surface area contributed by atoms with E-state index >= 15 is 0 Å². The minimum absolute atomic E-state index is 0.294. The van der Waals surface area contributed by atoms with Crippen LogP contribution in [0.5, 0.6) is 0 Å². The molecule has 0 saturated carbocycles. The number of nitrogens with zero attached hydrogens (tertiary/aromatic N) is 2. The molecule has 1 atom stereocenters. The van der Waals surface area contributed by atoms with Gasteiger partial charge in [0.2, 0.25) is 0 Å². The highest BCUT2D eigenvalue weighted by atomic mass is 15.1.